The van der Waals surface area contributed by atoms with E-state index in [4.69, 9.17) is 4.74 Å². The first kappa shape index (κ1) is 9.64. The molecule has 2 nitrogen and oxygen atoms in total. The van der Waals surface area contributed by atoms with Crippen molar-refractivity contribution in [2.45, 2.75) is 0 Å². The van der Waals surface area contributed by atoms with Crippen LogP contribution in [0.4, 0.5) is 4.39 Å². The van der Waals surface area contributed by atoms with Crippen molar-refractivity contribution < 1.29 is 9.13 Å². The van der Waals surface area contributed by atoms with Gasteiger partial charge >= 0.3 is 0 Å². The van der Waals surface area contributed by atoms with Crippen LogP contribution in [0.2, 0.25) is 0 Å². The van der Waals surface area contributed by atoms with Crippen molar-refractivity contribution >= 4 is 33.4 Å². The van der Waals surface area contributed by atoms with Gasteiger partial charge in [-0.1, -0.05) is 0 Å². The maximum atomic E-state index is 13.7. The molecule has 1 aromatic carbocycles. The van der Waals surface area contributed by atoms with E-state index in [2.05, 4.69) is 27.6 Å². The number of halogens is 2. The van der Waals surface area contributed by atoms with Crippen molar-refractivity contribution in [1.29, 1.82) is 0 Å². The Bertz CT molecular complexity index is 487. The summed E-state index contributed by atoms with van der Waals surface area (Å²) >= 11 is 2.13. The Labute approximate surface area is 94.2 Å². The quantitative estimate of drug-likeness (QED) is 0.756. The first-order chi connectivity index (χ1) is 6.74. The molecule has 1 aromatic heterocycles. The van der Waals surface area contributed by atoms with Crippen LogP contribution < -0.4 is 4.74 Å². The number of ether oxygens (including phenoxy) is 1. The number of hydrogen-bond donors (Lipinski definition) is 0. The highest BCUT2D eigenvalue weighted by Gasteiger charge is 2.09. The van der Waals surface area contributed by atoms with E-state index in [1.807, 2.05) is 6.07 Å². The third-order valence-corrected chi connectivity index (χ3v) is 2.87. The Morgan fingerprint density at radius 1 is 1.29 bits per heavy atom. The molecule has 0 unspecified atom stereocenters. The molecule has 0 spiro atoms. The molecule has 0 saturated carbocycles. The number of benzene rings is 1. The van der Waals surface area contributed by atoms with Gasteiger partial charge in [0.25, 0.3) is 0 Å². The van der Waals surface area contributed by atoms with Crippen LogP contribution >= 0.6 is 22.6 Å². The zero-order valence-corrected chi connectivity index (χ0v) is 9.58. The molecule has 0 aliphatic rings. The topological polar surface area (TPSA) is 22.1 Å². The van der Waals surface area contributed by atoms with E-state index >= 15 is 0 Å². The summed E-state index contributed by atoms with van der Waals surface area (Å²) in [5.74, 6) is -0.0997. The van der Waals surface area contributed by atoms with Gasteiger partial charge in [-0.3, -0.25) is 4.98 Å². The molecule has 14 heavy (non-hydrogen) atoms. The molecule has 0 aliphatic heterocycles. The molecule has 4 heteroatoms. The summed E-state index contributed by atoms with van der Waals surface area (Å²) in [6.07, 6.45) is 3.21. The Balaban J connectivity index is 2.84. The van der Waals surface area contributed by atoms with E-state index in [-0.39, 0.29) is 11.6 Å². The SMILES string of the molecule is COc1ccc2c(I)cncc2c1F. The molecule has 0 N–H and O–H groups in total. The smallest absolute Gasteiger partial charge is 0.174 e. The summed E-state index contributed by atoms with van der Waals surface area (Å²) in [6.45, 7) is 0. The number of methoxy groups -OCH3 is 1. The first-order valence-electron chi connectivity index (χ1n) is 3.99. The van der Waals surface area contributed by atoms with Gasteiger partial charge in [0.1, 0.15) is 0 Å². The van der Waals surface area contributed by atoms with Crippen LogP contribution in [0, 0.1) is 9.39 Å². The van der Waals surface area contributed by atoms with E-state index in [9.17, 15) is 4.39 Å². The third-order valence-electron chi connectivity index (χ3n) is 2.01. The van der Waals surface area contributed by atoms with Crippen molar-refractivity contribution in [3.05, 3.63) is 33.9 Å². The molecule has 0 atom stereocenters. The average molecular weight is 303 g/mol. The number of aromatic nitrogens is 1. The van der Waals surface area contributed by atoms with Crippen LogP contribution in [0.25, 0.3) is 10.8 Å². The zero-order valence-electron chi connectivity index (χ0n) is 7.42. The van der Waals surface area contributed by atoms with Gasteiger partial charge in [-0.25, -0.2) is 4.39 Å². The maximum Gasteiger partial charge on any atom is 0.174 e. The van der Waals surface area contributed by atoms with Gasteiger partial charge in [0.2, 0.25) is 0 Å². The fourth-order valence-corrected chi connectivity index (χ4v) is 1.94. The van der Waals surface area contributed by atoms with Gasteiger partial charge in [0, 0.05) is 26.7 Å². The largest absolute Gasteiger partial charge is 0.494 e. The molecule has 0 saturated heterocycles. The van der Waals surface area contributed by atoms with Gasteiger partial charge in [-0.2, -0.15) is 0 Å². The second kappa shape index (κ2) is 3.68. The fraction of sp³-hybridized carbons (Fsp3) is 0.100. The average Bonchev–Trinajstić information content (AvgIpc) is 2.20. The standard InChI is InChI=1S/C10H7FINO/c1-14-9-3-2-6-7(10(9)11)4-13-5-8(6)12/h2-5H,1H3. The van der Waals surface area contributed by atoms with Crippen LogP contribution in [0.5, 0.6) is 5.75 Å². The molecule has 2 aromatic rings. The highest BCUT2D eigenvalue weighted by atomic mass is 127. The van der Waals surface area contributed by atoms with Crippen LogP contribution in [-0.2, 0) is 0 Å². The summed E-state index contributed by atoms with van der Waals surface area (Å²) in [5.41, 5.74) is 0. The molecule has 2 rings (SSSR count). The monoisotopic (exact) mass is 303 g/mol. The summed E-state index contributed by atoms with van der Waals surface area (Å²) < 4.78 is 19.5. The lowest BCUT2D eigenvalue weighted by molar-refractivity contribution is 0.389. The lowest BCUT2D eigenvalue weighted by Gasteiger charge is -2.05. The summed E-state index contributed by atoms with van der Waals surface area (Å²) in [7, 11) is 1.45. The van der Waals surface area contributed by atoms with Crippen LogP contribution in [0.15, 0.2) is 24.5 Å². The highest BCUT2D eigenvalue weighted by Crippen LogP contribution is 2.27. The third kappa shape index (κ3) is 1.43. The molecule has 0 aliphatic carbocycles. The number of pyridine rings is 1. The van der Waals surface area contributed by atoms with E-state index in [1.165, 1.54) is 13.3 Å². The predicted octanol–water partition coefficient (Wildman–Crippen LogP) is 2.99. The minimum atomic E-state index is -0.351. The molecule has 0 radical (unpaired) electrons. The second-order valence-electron chi connectivity index (χ2n) is 2.80. The normalized spacial score (nSPS) is 10.5. The lowest BCUT2D eigenvalue weighted by atomic mass is 10.1. The number of hydrogen-bond acceptors (Lipinski definition) is 2. The summed E-state index contributed by atoms with van der Waals surface area (Å²) in [5, 5.41) is 1.36. The van der Waals surface area contributed by atoms with E-state index < -0.39 is 0 Å². The van der Waals surface area contributed by atoms with Crippen LogP contribution in [-0.4, -0.2) is 12.1 Å². The Morgan fingerprint density at radius 3 is 2.79 bits per heavy atom. The Kier molecular flexibility index (Phi) is 2.54. The summed E-state index contributed by atoms with van der Waals surface area (Å²) in [4.78, 5) is 3.95. The zero-order chi connectivity index (χ0) is 10.1. The number of fused-ring (bicyclic) bond motifs is 1. The first-order valence-corrected chi connectivity index (χ1v) is 5.07. The van der Waals surface area contributed by atoms with Gasteiger partial charge in [0.15, 0.2) is 11.6 Å². The predicted molar refractivity (Wildman–Crippen MR) is 61.0 cm³/mol. The molecular formula is C10H7FINO. The fourth-order valence-electron chi connectivity index (χ4n) is 1.31. The van der Waals surface area contributed by atoms with Crippen LogP contribution in [0.3, 0.4) is 0 Å². The highest BCUT2D eigenvalue weighted by molar-refractivity contribution is 14.1. The lowest BCUT2D eigenvalue weighted by Crippen LogP contribution is -1.91. The number of rotatable bonds is 1. The van der Waals surface area contributed by atoms with E-state index in [1.54, 1.807) is 12.3 Å². The van der Waals surface area contributed by atoms with Gasteiger partial charge in [0.05, 0.1) is 7.11 Å². The van der Waals surface area contributed by atoms with E-state index in [0.717, 1.165) is 8.96 Å². The van der Waals surface area contributed by atoms with Crippen molar-refractivity contribution in [2.75, 3.05) is 7.11 Å². The van der Waals surface area contributed by atoms with Crippen molar-refractivity contribution in [3.63, 3.8) is 0 Å². The van der Waals surface area contributed by atoms with Crippen molar-refractivity contribution in [2.24, 2.45) is 0 Å². The molecule has 0 amide bonds. The minimum Gasteiger partial charge on any atom is -0.494 e. The Morgan fingerprint density at radius 2 is 2.07 bits per heavy atom. The van der Waals surface area contributed by atoms with Gasteiger partial charge in [-0.05, 0) is 34.7 Å². The van der Waals surface area contributed by atoms with Crippen molar-refractivity contribution in [1.82, 2.24) is 4.98 Å². The van der Waals surface area contributed by atoms with E-state index in [0.29, 0.717) is 5.39 Å². The molecule has 0 bridgehead atoms. The molecular weight excluding hydrogens is 296 g/mol. The Hall–Kier alpha value is -0.910. The van der Waals surface area contributed by atoms with Gasteiger partial charge < -0.3 is 4.74 Å². The molecule has 1 heterocycles. The second-order valence-corrected chi connectivity index (χ2v) is 3.96. The van der Waals surface area contributed by atoms with Gasteiger partial charge in [-0.15, -0.1) is 0 Å². The van der Waals surface area contributed by atoms with Crippen molar-refractivity contribution in [3.8, 4) is 5.75 Å². The number of nitrogens with zero attached hydrogens (tertiary/aromatic N) is 1. The minimum absolute atomic E-state index is 0.251. The molecule has 0 fully saturated rings. The summed E-state index contributed by atoms with van der Waals surface area (Å²) in [6, 6.07) is 3.46. The molecule has 72 valence electrons. The van der Waals surface area contributed by atoms with Crippen LogP contribution in [0.1, 0.15) is 0 Å². The maximum absolute atomic E-state index is 13.7.